The number of amides is 1. The van der Waals surface area contributed by atoms with Gasteiger partial charge < -0.3 is 0 Å². The SMILES string of the molecule is O=C(C(Cl)Cc1ccccc1)N(c1ccccc1)c1nccs1. The molecule has 0 aliphatic carbocycles. The third kappa shape index (κ3) is 3.78. The largest absolute Gasteiger partial charge is 0.272 e. The standard InChI is InChI=1S/C18H15ClN2OS/c19-16(13-14-7-3-1-4-8-14)17(22)21(18-20-11-12-23-18)15-9-5-2-6-10-15/h1-12,16H,13H2. The van der Waals surface area contributed by atoms with E-state index in [0.717, 1.165) is 11.3 Å². The molecule has 0 fully saturated rings. The van der Waals surface area contributed by atoms with Gasteiger partial charge in [0, 0.05) is 11.6 Å². The van der Waals surface area contributed by atoms with E-state index in [9.17, 15) is 4.79 Å². The second kappa shape index (κ2) is 7.40. The first-order valence-corrected chi connectivity index (χ1v) is 8.54. The molecule has 0 radical (unpaired) electrons. The van der Waals surface area contributed by atoms with Crippen molar-refractivity contribution in [3.05, 3.63) is 77.8 Å². The highest BCUT2D eigenvalue weighted by atomic mass is 35.5. The molecule has 116 valence electrons. The molecule has 0 saturated heterocycles. The van der Waals surface area contributed by atoms with Crippen molar-refractivity contribution in [2.75, 3.05) is 4.90 Å². The van der Waals surface area contributed by atoms with Crippen molar-refractivity contribution >= 4 is 39.7 Å². The third-order valence-electron chi connectivity index (χ3n) is 3.37. The van der Waals surface area contributed by atoms with Crippen LogP contribution in [0.3, 0.4) is 0 Å². The predicted octanol–water partition coefficient (Wildman–Crippen LogP) is 4.66. The molecule has 0 spiro atoms. The van der Waals surface area contributed by atoms with Crippen LogP contribution in [0.1, 0.15) is 5.56 Å². The van der Waals surface area contributed by atoms with Crippen molar-refractivity contribution in [3.63, 3.8) is 0 Å². The van der Waals surface area contributed by atoms with Gasteiger partial charge in [-0.2, -0.15) is 0 Å². The first kappa shape index (κ1) is 15.7. The fraction of sp³-hybridized carbons (Fsp3) is 0.111. The van der Waals surface area contributed by atoms with Crippen molar-refractivity contribution in [1.82, 2.24) is 4.98 Å². The summed E-state index contributed by atoms with van der Waals surface area (Å²) in [4.78, 5) is 18.8. The maximum atomic E-state index is 12.9. The Labute approximate surface area is 144 Å². The lowest BCUT2D eigenvalue weighted by atomic mass is 10.1. The molecule has 1 atom stereocenters. The Kier molecular flexibility index (Phi) is 5.05. The normalized spacial score (nSPS) is 11.9. The molecule has 1 heterocycles. The van der Waals surface area contributed by atoms with E-state index in [2.05, 4.69) is 4.98 Å². The Hall–Kier alpha value is -2.17. The first-order chi connectivity index (χ1) is 11.3. The van der Waals surface area contributed by atoms with E-state index >= 15 is 0 Å². The van der Waals surface area contributed by atoms with Gasteiger partial charge in [-0.05, 0) is 24.1 Å². The number of thiazole rings is 1. The summed E-state index contributed by atoms with van der Waals surface area (Å²) in [6.45, 7) is 0. The summed E-state index contributed by atoms with van der Waals surface area (Å²) in [5.74, 6) is -0.170. The van der Waals surface area contributed by atoms with Crippen LogP contribution in [0.25, 0.3) is 0 Å². The summed E-state index contributed by atoms with van der Waals surface area (Å²) in [5.41, 5.74) is 1.80. The molecule has 0 saturated carbocycles. The van der Waals surface area contributed by atoms with Crippen LogP contribution in [0.15, 0.2) is 72.2 Å². The van der Waals surface area contributed by atoms with Crippen LogP contribution in [-0.4, -0.2) is 16.3 Å². The van der Waals surface area contributed by atoms with Gasteiger partial charge in [-0.15, -0.1) is 22.9 Å². The molecule has 3 nitrogen and oxygen atoms in total. The lowest BCUT2D eigenvalue weighted by molar-refractivity contribution is -0.117. The van der Waals surface area contributed by atoms with Crippen LogP contribution >= 0.6 is 22.9 Å². The first-order valence-electron chi connectivity index (χ1n) is 7.22. The van der Waals surface area contributed by atoms with Crippen molar-refractivity contribution in [2.24, 2.45) is 0 Å². The molecule has 3 aromatic rings. The minimum atomic E-state index is -0.651. The molecule has 0 aliphatic heterocycles. The summed E-state index contributed by atoms with van der Waals surface area (Å²) in [6, 6.07) is 19.2. The van der Waals surface area contributed by atoms with Gasteiger partial charge in [0.1, 0.15) is 5.38 Å². The van der Waals surface area contributed by atoms with E-state index in [1.807, 2.05) is 66.0 Å². The molecule has 5 heteroatoms. The van der Waals surface area contributed by atoms with Gasteiger partial charge in [0.25, 0.3) is 5.91 Å². The topological polar surface area (TPSA) is 33.2 Å². The average molecular weight is 343 g/mol. The van der Waals surface area contributed by atoms with Gasteiger partial charge in [-0.25, -0.2) is 4.98 Å². The highest BCUT2D eigenvalue weighted by Crippen LogP contribution is 2.29. The molecule has 1 aromatic heterocycles. The number of alkyl halides is 1. The van der Waals surface area contributed by atoms with E-state index < -0.39 is 5.38 Å². The number of hydrogen-bond donors (Lipinski definition) is 0. The zero-order valence-electron chi connectivity index (χ0n) is 12.3. The molecule has 0 N–H and O–H groups in total. The summed E-state index contributed by atoms with van der Waals surface area (Å²) in [5, 5.41) is 1.82. The van der Waals surface area contributed by atoms with Crippen LogP contribution in [0, 0.1) is 0 Å². The summed E-state index contributed by atoms with van der Waals surface area (Å²) >= 11 is 7.83. The summed E-state index contributed by atoms with van der Waals surface area (Å²) < 4.78 is 0. The lowest BCUT2D eigenvalue weighted by Crippen LogP contribution is -2.34. The van der Waals surface area contributed by atoms with Crippen LogP contribution < -0.4 is 4.90 Å². The predicted molar refractivity (Wildman–Crippen MR) is 95.5 cm³/mol. The van der Waals surface area contributed by atoms with E-state index in [1.54, 1.807) is 11.1 Å². The Morgan fingerprint density at radius 1 is 1.09 bits per heavy atom. The highest BCUT2D eigenvalue weighted by molar-refractivity contribution is 7.13. The number of carbonyl (C=O) groups excluding carboxylic acids is 1. The van der Waals surface area contributed by atoms with E-state index in [0.29, 0.717) is 11.6 Å². The number of rotatable bonds is 5. The molecular weight excluding hydrogens is 328 g/mol. The molecule has 1 unspecified atom stereocenters. The number of aromatic nitrogens is 1. The Balaban J connectivity index is 1.86. The quantitative estimate of drug-likeness (QED) is 0.632. The number of hydrogen-bond acceptors (Lipinski definition) is 3. The minimum Gasteiger partial charge on any atom is -0.272 e. The van der Waals surface area contributed by atoms with Gasteiger partial charge in [-0.3, -0.25) is 9.69 Å². The molecule has 0 bridgehead atoms. The number of para-hydroxylation sites is 1. The zero-order chi connectivity index (χ0) is 16.1. The fourth-order valence-corrected chi connectivity index (χ4v) is 3.23. The minimum absolute atomic E-state index is 0.170. The molecule has 2 aromatic carbocycles. The van der Waals surface area contributed by atoms with Gasteiger partial charge in [-0.1, -0.05) is 48.5 Å². The third-order valence-corrected chi connectivity index (χ3v) is 4.47. The summed E-state index contributed by atoms with van der Waals surface area (Å²) in [6.07, 6.45) is 2.17. The van der Waals surface area contributed by atoms with Crippen molar-refractivity contribution < 1.29 is 4.79 Å². The van der Waals surface area contributed by atoms with Gasteiger partial charge in [0.05, 0.1) is 5.69 Å². The number of anilines is 2. The van der Waals surface area contributed by atoms with E-state index in [1.165, 1.54) is 11.3 Å². The Morgan fingerprint density at radius 3 is 2.35 bits per heavy atom. The van der Waals surface area contributed by atoms with Crippen LogP contribution in [0.4, 0.5) is 10.8 Å². The van der Waals surface area contributed by atoms with E-state index in [-0.39, 0.29) is 5.91 Å². The Bertz CT molecular complexity index is 747. The molecule has 23 heavy (non-hydrogen) atoms. The molecular formula is C18H15ClN2OS. The monoisotopic (exact) mass is 342 g/mol. The zero-order valence-corrected chi connectivity index (χ0v) is 13.9. The Morgan fingerprint density at radius 2 is 1.74 bits per heavy atom. The second-order valence-electron chi connectivity index (χ2n) is 4.98. The number of nitrogens with zero attached hydrogens (tertiary/aromatic N) is 2. The maximum Gasteiger partial charge on any atom is 0.251 e. The number of benzene rings is 2. The molecule has 1 amide bonds. The highest BCUT2D eigenvalue weighted by Gasteiger charge is 2.26. The van der Waals surface area contributed by atoms with Gasteiger partial charge >= 0.3 is 0 Å². The van der Waals surface area contributed by atoms with Crippen molar-refractivity contribution in [3.8, 4) is 0 Å². The van der Waals surface area contributed by atoms with Crippen LogP contribution in [0.5, 0.6) is 0 Å². The van der Waals surface area contributed by atoms with Gasteiger partial charge in [0.15, 0.2) is 5.13 Å². The van der Waals surface area contributed by atoms with Crippen LogP contribution in [-0.2, 0) is 11.2 Å². The molecule has 0 aliphatic rings. The van der Waals surface area contributed by atoms with Gasteiger partial charge in [0.2, 0.25) is 0 Å². The maximum absolute atomic E-state index is 12.9. The van der Waals surface area contributed by atoms with Crippen molar-refractivity contribution in [1.29, 1.82) is 0 Å². The van der Waals surface area contributed by atoms with E-state index in [4.69, 9.17) is 11.6 Å². The van der Waals surface area contributed by atoms with Crippen LogP contribution in [0.2, 0.25) is 0 Å². The summed E-state index contributed by atoms with van der Waals surface area (Å²) in [7, 11) is 0. The number of carbonyl (C=O) groups is 1. The van der Waals surface area contributed by atoms with Crippen molar-refractivity contribution in [2.45, 2.75) is 11.8 Å². The lowest BCUT2D eigenvalue weighted by Gasteiger charge is -2.22. The average Bonchev–Trinajstić information content (AvgIpc) is 3.11. The second-order valence-corrected chi connectivity index (χ2v) is 6.38. The number of halogens is 1. The fourth-order valence-electron chi connectivity index (χ4n) is 2.28. The smallest absolute Gasteiger partial charge is 0.251 e. The molecule has 3 rings (SSSR count).